The summed E-state index contributed by atoms with van der Waals surface area (Å²) in [5.41, 5.74) is 2.32. The molecule has 0 radical (unpaired) electrons. The molecular formula is C12H15NO3. The highest BCUT2D eigenvalue weighted by Crippen LogP contribution is 2.28. The number of aliphatic carboxylic acids is 1. The van der Waals surface area contributed by atoms with Gasteiger partial charge in [-0.3, -0.25) is 0 Å². The third-order valence-electron chi connectivity index (χ3n) is 2.69. The van der Waals surface area contributed by atoms with Crippen LogP contribution in [0.1, 0.15) is 18.9 Å². The molecule has 4 heteroatoms. The summed E-state index contributed by atoms with van der Waals surface area (Å²) in [6.07, 6.45) is 2.10. The number of benzene rings is 1. The number of fused-ring (bicyclic) bond motifs is 1. The minimum atomic E-state index is -0.954. The van der Waals surface area contributed by atoms with Gasteiger partial charge in [-0.25, -0.2) is 4.79 Å². The minimum Gasteiger partial charge on any atom is -0.482 e. The Labute approximate surface area is 94.2 Å². The van der Waals surface area contributed by atoms with Crippen LogP contribution in [0.15, 0.2) is 18.2 Å². The van der Waals surface area contributed by atoms with Crippen LogP contribution in [0.25, 0.3) is 0 Å². The zero-order valence-corrected chi connectivity index (χ0v) is 9.19. The predicted octanol–water partition coefficient (Wildman–Crippen LogP) is 1.90. The summed E-state index contributed by atoms with van der Waals surface area (Å²) in [5.74, 6) is -0.332. The second-order valence-corrected chi connectivity index (χ2v) is 4.09. The van der Waals surface area contributed by atoms with Crippen LogP contribution in [-0.2, 0) is 11.2 Å². The first-order chi connectivity index (χ1) is 7.65. The minimum absolute atomic E-state index is 0.289. The zero-order chi connectivity index (χ0) is 11.5. The van der Waals surface area contributed by atoms with E-state index >= 15 is 0 Å². The van der Waals surface area contributed by atoms with E-state index < -0.39 is 5.97 Å². The van der Waals surface area contributed by atoms with Crippen LogP contribution in [0.3, 0.4) is 0 Å². The number of carbonyl (C=O) groups is 1. The average Bonchev–Trinajstić information content (AvgIpc) is 2.26. The maximum atomic E-state index is 10.4. The van der Waals surface area contributed by atoms with Crippen LogP contribution >= 0.6 is 0 Å². The first-order valence-electron chi connectivity index (χ1n) is 5.39. The lowest BCUT2D eigenvalue weighted by Crippen LogP contribution is -2.21. The van der Waals surface area contributed by atoms with Crippen molar-refractivity contribution in [3.63, 3.8) is 0 Å². The fourth-order valence-corrected chi connectivity index (χ4v) is 1.86. The summed E-state index contributed by atoms with van der Waals surface area (Å²) in [5, 5.41) is 11.9. The Bertz CT molecular complexity index is 403. The highest BCUT2D eigenvalue weighted by molar-refractivity contribution is 5.68. The Morgan fingerprint density at radius 1 is 1.62 bits per heavy atom. The van der Waals surface area contributed by atoms with Crippen molar-refractivity contribution in [2.75, 3.05) is 11.9 Å². The fourth-order valence-electron chi connectivity index (χ4n) is 1.86. The van der Waals surface area contributed by atoms with Crippen LogP contribution in [0, 0.1) is 0 Å². The second-order valence-electron chi connectivity index (χ2n) is 4.09. The van der Waals surface area contributed by atoms with Gasteiger partial charge in [0.15, 0.2) is 6.61 Å². The van der Waals surface area contributed by atoms with Gasteiger partial charge in [0.2, 0.25) is 0 Å². The first-order valence-corrected chi connectivity index (χ1v) is 5.39. The molecule has 1 aliphatic heterocycles. The molecule has 1 heterocycles. The molecule has 2 rings (SSSR count). The molecule has 1 aromatic rings. The number of carboxylic acids is 1. The van der Waals surface area contributed by atoms with Crippen molar-refractivity contribution in [2.24, 2.45) is 0 Å². The van der Waals surface area contributed by atoms with Gasteiger partial charge in [-0.1, -0.05) is 0 Å². The van der Waals surface area contributed by atoms with Crippen LogP contribution in [0.5, 0.6) is 5.75 Å². The van der Waals surface area contributed by atoms with E-state index in [9.17, 15) is 4.79 Å². The molecular weight excluding hydrogens is 206 g/mol. The largest absolute Gasteiger partial charge is 0.482 e. The van der Waals surface area contributed by atoms with Crippen molar-refractivity contribution in [1.82, 2.24) is 0 Å². The Kier molecular flexibility index (Phi) is 2.99. The topological polar surface area (TPSA) is 58.6 Å². The van der Waals surface area contributed by atoms with Gasteiger partial charge >= 0.3 is 5.97 Å². The maximum absolute atomic E-state index is 10.4. The molecule has 0 aromatic heterocycles. The summed E-state index contributed by atoms with van der Waals surface area (Å²) < 4.78 is 5.13. The van der Waals surface area contributed by atoms with Crippen LogP contribution in [0.4, 0.5) is 5.69 Å². The molecule has 1 aliphatic rings. The summed E-state index contributed by atoms with van der Waals surface area (Å²) in [6, 6.07) is 6.16. The lowest BCUT2D eigenvalue weighted by atomic mass is 9.99. The van der Waals surface area contributed by atoms with Crippen molar-refractivity contribution < 1.29 is 14.6 Å². The number of hydrogen-bond acceptors (Lipinski definition) is 3. The van der Waals surface area contributed by atoms with Crippen molar-refractivity contribution >= 4 is 11.7 Å². The number of rotatable bonds is 3. The third-order valence-corrected chi connectivity index (χ3v) is 2.69. The fraction of sp³-hybridized carbons (Fsp3) is 0.417. The van der Waals surface area contributed by atoms with Gasteiger partial charge in [-0.05, 0) is 43.5 Å². The van der Waals surface area contributed by atoms with Crippen molar-refractivity contribution in [3.8, 4) is 5.75 Å². The average molecular weight is 221 g/mol. The first kappa shape index (κ1) is 10.8. The highest BCUT2D eigenvalue weighted by Gasteiger charge is 2.14. The van der Waals surface area contributed by atoms with Crippen molar-refractivity contribution in [2.45, 2.75) is 25.8 Å². The number of carboxylic acid groups (broad SMARTS) is 1. The van der Waals surface area contributed by atoms with E-state index in [1.54, 1.807) is 6.07 Å². The van der Waals surface area contributed by atoms with Gasteiger partial charge in [0, 0.05) is 11.7 Å². The monoisotopic (exact) mass is 221 g/mol. The van der Waals surface area contributed by atoms with Gasteiger partial charge in [0.25, 0.3) is 0 Å². The smallest absolute Gasteiger partial charge is 0.341 e. The van der Waals surface area contributed by atoms with Gasteiger partial charge in [0.05, 0.1) is 0 Å². The van der Waals surface area contributed by atoms with Gasteiger partial charge < -0.3 is 15.2 Å². The van der Waals surface area contributed by atoms with Crippen molar-refractivity contribution in [1.29, 1.82) is 0 Å². The molecule has 0 spiro atoms. The summed E-state index contributed by atoms with van der Waals surface area (Å²) in [6.45, 7) is 1.86. The van der Waals surface area contributed by atoms with E-state index in [0.29, 0.717) is 11.8 Å². The molecule has 0 amide bonds. The number of anilines is 1. The molecule has 86 valence electrons. The zero-order valence-electron chi connectivity index (χ0n) is 9.19. The quantitative estimate of drug-likeness (QED) is 0.818. The van der Waals surface area contributed by atoms with Gasteiger partial charge in [-0.15, -0.1) is 0 Å². The normalized spacial score (nSPS) is 18.4. The molecule has 4 nitrogen and oxygen atoms in total. The van der Waals surface area contributed by atoms with E-state index in [4.69, 9.17) is 9.84 Å². The van der Waals surface area contributed by atoms with E-state index in [-0.39, 0.29) is 6.61 Å². The molecule has 2 N–H and O–H groups in total. The number of aryl methyl sites for hydroxylation is 1. The summed E-state index contributed by atoms with van der Waals surface area (Å²) in [7, 11) is 0. The van der Waals surface area contributed by atoms with Crippen LogP contribution in [-0.4, -0.2) is 23.7 Å². The molecule has 1 aromatic carbocycles. The van der Waals surface area contributed by atoms with E-state index in [1.165, 1.54) is 5.56 Å². The molecule has 0 unspecified atom stereocenters. The molecule has 0 fully saturated rings. The van der Waals surface area contributed by atoms with Crippen LogP contribution in [0.2, 0.25) is 0 Å². The number of hydrogen-bond donors (Lipinski definition) is 2. The number of nitrogens with one attached hydrogen (secondary N) is 1. The van der Waals surface area contributed by atoms with E-state index in [2.05, 4.69) is 12.2 Å². The van der Waals surface area contributed by atoms with E-state index in [0.717, 1.165) is 18.5 Å². The Morgan fingerprint density at radius 2 is 2.44 bits per heavy atom. The SMILES string of the molecule is C[C@H]1CCc2cc(OCC(=O)O)ccc2N1. The molecule has 0 saturated heterocycles. The highest BCUT2D eigenvalue weighted by atomic mass is 16.5. The second kappa shape index (κ2) is 4.43. The summed E-state index contributed by atoms with van der Waals surface area (Å²) in [4.78, 5) is 10.4. The molecule has 0 aliphatic carbocycles. The Morgan fingerprint density at radius 3 is 3.19 bits per heavy atom. The Hall–Kier alpha value is -1.71. The predicted molar refractivity (Wildman–Crippen MR) is 61.0 cm³/mol. The molecule has 0 bridgehead atoms. The number of ether oxygens (including phenoxy) is 1. The van der Waals surface area contributed by atoms with Gasteiger partial charge in [-0.2, -0.15) is 0 Å². The lowest BCUT2D eigenvalue weighted by Gasteiger charge is -2.24. The Balaban J connectivity index is 2.10. The molecule has 0 saturated carbocycles. The molecule has 16 heavy (non-hydrogen) atoms. The standard InChI is InChI=1S/C12H15NO3/c1-8-2-3-9-6-10(16-7-12(14)15)4-5-11(9)13-8/h4-6,8,13H,2-3,7H2,1H3,(H,14,15)/t8-/m0/s1. The lowest BCUT2D eigenvalue weighted by molar-refractivity contribution is -0.139. The maximum Gasteiger partial charge on any atom is 0.341 e. The summed E-state index contributed by atoms with van der Waals surface area (Å²) >= 11 is 0. The van der Waals surface area contributed by atoms with E-state index in [1.807, 2.05) is 12.1 Å². The van der Waals surface area contributed by atoms with Crippen molar-refractivity contribution in [3.05, 3.63) is 23.8 Å². The van der Waals surface area contributed by atoms with Gasteiger partial charge in [0.1, 0.15) is 5.75 Å². The van der Waals surface area contributed by atoms with Crippen LogP contribution < -0.4 is 10.1 Å². The molecule has 1 atom stereocenters. The third kappa shape index (κ3) is 2.45.